The van der Waals surface area contributed by atoms with Crippen LogP contribution in [0.25, 0.3) is 42.9 Å². The highest BCUT2D eigenvalue weighted by atomic mass is 32.1. The number of thiophene rings is 1. The lowest BCUT2D eigenvalue weighted by molar-refractivity contribution is 0.0776. The summed E-state index contributed by atoms with van der Waals surface area (Å²) in [5.74, 6) is -0.961. The monoisotopic (exact) mass is 656 g/mol. The number of fused-ring (bicyclic) bond motifs is 5. The summed E-state index contributed by atoms with van der Waals surface area (Å²) in [6, 6.07) is 18.8. The van der Waals surface area contributed by atoms with Crippen molar-refractivity contribution in [1.29, 1.82) is 0 Å². The summed E-state index contributed by atoms with van der Waals surface area (Å²) in [5.41, 5.74) is 7.43. The van der Waals surface area contributed by atoms with Gasteiger partial charge in [-0.1, -0.05) is 30.3 Å². The molecule has 9 nitrogen and oxygen atoms in total. The molecular weight excluding hydrogens is 628 g/mol. The maximum atomic E-state index is 14.2. The zero-order valence-electron chi connectivity index (χ0n) is 26.0. The van der Waals surface area contributed by atoms with Crippen molar-refractivity contribution >= 4 is 38.2 Å². The van der Waals surface area contributed by atoms with Crippen molar-refractivity contribution < 1.29 is 13.6 Å². The molecule has 2 aliphatic rings. The molecule has 7 aromatic rings. The maximum absolute atomic E-state index is 14.2. The number of nitrogens with zero attached hydrogens (tertiary/aromatic N) is 5. The van der Waals surface area contributed by atoms with Crippen LogP contribution in [-0.4, -0.2) is 42.1 Å². The molecule has 1 saturated heterocycles. The maximum Gasteiger partial charge on any atom is 0.434 e. The molecule has 238 valence electrons. The number of hydrogen-bond acceptors (Lipinski definition) is 7. The van der Waals surface area contributed by atoms with Gasteiger partial charge in [-0.15, -0.1) is 16.4 Å². The van der Waals surface area contributed by atoms with Crippen LogP contribution in [0.4, 0.5) is 4.39 Å². The summed E-state index contributed by atoms with van der Waals surface area (Å²) >= 11 is 1.58. The number of hydrogen-bond donors (Lipinski definition) is 1. The molecule has 0 aliphatic carbocycles. The first-order valence-electron chi connectivity index (χ1n) is 16.0. The quantitative estimate of drug-likeness (QED) is 0.198. The number of carbonyl (C=O) groups excluding carboxylic acids is 1. The average Bonchev–Trinajstić information content (AvgIpc) is 3.92. The molecule has 2 aromatic carbocycles. The molecular formula is C37H29FN6O3S. The number of para-hydroxylation sites is 1. The van der Waals surface area contributed by atoms with Gasteiger partial charge in [-0.05, 0) is 72.5 Å². The molecule has 5 aromatic heterocycles. The Balaban J connectivity index is 1.24. The number of rotatable bonds is 7. The first kappa shape index (κ1) is 28.8. The summed E-state index contributed by atoms with van der Waals surface area (Å²) in [4.78, 5) is 39.2. The standard InChI is InChI=1S/C37H29FN6O3S/c1-43-19-22(24-5-2-3-6-27(24)43)17-26-34-21(14-15-39-26)18-29(48-34)31-30(35-41-42-37(46)47-35)25(13-10-20-8-11-23(38)12-9-20)40-33-28-7-4-16-44(28)36(45)32(31)33/h2-3,5-6,8-9,11-12,14-15,18-19,28H,4,7,10,13,16-17H2,1H3,(H,42,46). The van der Waals surface area contributed by atoms with Gasteiger partial charge in [-0.3, -0.25) is 14.8 Å². The van der Waals surface area contributed by atoms with Crippen molar-refractivity contribution in [2.24, 2.45) is 7.05 Å². The first-order valence-corrected chi connectivity index (χ1v) is 16.8. The fraction of sp³-hybridized carbons (Fsp3) is 0.216. The van der Waals surface area contributed by atoms with Crippen LogP contribution < -0.4 is 5.76 Å². The number of halogens is 1. The van der Waals surface area contributed by atoms with E-state index in [4.69, 9.17) is 14.4 Å². The largest absolute Gasteiger partial charge is 0.434 e. The molecule has 1 N–H and O–H groups in total. The highest BCUT2D eigenvalue weighted by molar-refractivity contribution is 7.22. The molecule has 0 bridgehead atoms. The van der Waals surface area contributed by atoms with Crippen molar-refractivity contribution in [1.82, 2.24) is 29.6 Å². The third-order valence-electron chi connectivity index (χ3n) is 9.65. The van der Waals surface area contributed by atoms with Gasteiger partial charge >= 0.3 is 5.76 Å². The van der Waals surface area contributed by atoms with Gasteiger partial charge < -0.3 is 13.9 Å². The molecule has 1 atom stereocenters. The fourth-order valence-corrected chi connectivity index (χ4v) is 8.67. The Morgan fingerprint density at radius 3 is 2.71 bits per heavy atom. The van der Waals surface area contributed by atoms with Crippen LogP contribution in [0.3, 0.4) is 0 Å². The van der Waals surface area contributed by atoms with E-state index in [1.54, 1.807) is 23.5 Å². The van der Waals surface area contributed by atoms with E-state index in [1.807, 2.05) is 23.2 Å². The van der Waals surface area contributed by atoms with Crippen molar-refractivity contribution in [3.8, 4) is 21.9 Å². The lowest BCUT2D eigenvalue weighted by Crippen LogP contribution is -2.22. The van der Waals surface area contributed by atoms with Crippen LogP contribution in [0.5, 0.6) is 0 Å². The van der Waals surface area contributed by atoms with Gasteiger partial charge in [-0.25, -0.2) is 14.3 Å². The van der Waals surface area contributed by atoms with Gasteiger partial charge in [0.15, 0.2) is 0 Å². The molecule has 1 unspecified atom stereocenters. The molecule has 7 heterocycles. The number of pyridine rings is 2. The second-order valence-corrected chi connectivity index (χ2v) is 13.6. The molecule has 9 rings (SSSR count). The minimum absolute atomic E-state index is 0.0641. The van der Waals surface area contributed by atoms with E-state index in [0.29, 0.717) is 48.2 Å². The van der Waals surface area contributed by atoms with E-state index in [2.05, 4.69) is 52.3 Å². The number of amides is 1. The number of aromatic amines is 1. The number of H-pyrrole nitrogens is 1. The predicted molar refractivity (Wildman–Crippen MR) is 182 cm³/mol. The van der Waals surface area contributed by atoms with Crippen LogP contribution in [0.1, 0.15) is 57.5 Å². The van der Waals surface area contributed by atoms with E-state index in [1.165, 1.54) is 23.1 Å². The summed E-state index contributed by atoms with van der Waals surface area (Å²) in [6.07, 6.45) is 7.43. The Bertz CT molecular complexity index is 2460. The summed E-state index contributed by atoms with van der Waals surface area (Å²) in [7, 11) is 2.05. The molecule has 11 heteroatoms. The van der Waals surface area contributed by atoms with Crippen LogP contribution in [0, 0.1) is 5.82 Å². The fourth-order valence-electron chi connectivity index (χ4n) is 7.47. The number of carbonyl (C=O) groups is 1. The van der Waals surface area contributed by atoms with E-state index in [9.17, 15) is 14.0 Å². The molecule has 1 fully saturated rings. The number of aromatic nitrogens is 5. The lowest BCUT2D eigenvalue weighted by atomic mass is 9.93. The van der Waals surface area contributed by atoms with Crippen molar-refractivity contribution in [3.05, 3.63) is 123 Å². The van der Waals surface area contributed by atoms with Gasteiger partial charge in [-0.2, -0.15) is 0 Å². The Morgan fingerprint density at radius 2 is 1.88 bits per heavy atom. The number of benzene rings is 2. The van der Waals surface area contributed by atoms with Crippen LogP contribution in [0.2, 0.25) is 0 Å². The Labute approximate surface area is 277 Å². The minimum Gasteiger partial charge on any atom is -0.388 e. The third-order valence-corrected chi connectivity index (χ3v) is 10.9. The Hall–Kier alpha value is -5.42. The minimum atomic E-state index is -0.689. The summed E-state index contributed by atoms with van der Waals surface area (Å²) in [5, 5.41) is 8.86. The molecule has 2 aliphatic heterocycles. The molecule has 48 heavy (non-hydrogen) atoms. The summed E-state index contributed by atoms with van der Waals surface area (Å²) < 4.78 is 22.5. The van der Waals surface area contributed by atoms with Gasteiger partial charge in [0, 0.05) is 53.8 Å². The van der Waals surface area contributed by atoms with Gasteiger partial charge in [0.2, 0.25) is 0 Å². The summed E-state index contributed by atoms with van der Waals surface area (Å²) in [6.45, 7) is 0.669. The SMILES string of the molecule is Cn1cc(Cc2nccc3cc(-c4c5c(nc(CCc6ccc(F)cc6)c4-c4n[nH]c(=O)o4)C4CCCN4C5=O)sc23)c2ccccc21. The second-order valence-electron chi connectivity index (χ2n) is 12.5. The molecule has 1 amide bonds. The second kappa shape index (κ2) is 11.1. The van der Waals surface area contributed by atoms with Crippen LogP contribution in [0.15, 0.2) is 82.3 Å². The number of nitrogens with one attached hydrogen (secondary N) is 1. The van der Waals surface area contributed by atoms with E-state index >= 15 is 0 Å². The highest BCUT2D eigenvalue weighted by Gasteiger charge is 2.44. The molecule has 0 radical (unpaired) electrons. The third kappa shape index (κ3) is 4.60. The zero-order chi connectivity index (χ0) is 32.5. The average molecular weight is 657 g/mol. The van der Waals surface area contributed by atoms with Gasteiger partial charge in [0.1, 0.15) is 5.82 Å². The van der Waals surface area contributed by atoms with Crippen LogP contribution >= 0.6 is 11.3 Å². The van der Waals surface area contributed by atoms with E-state index in [0.717, 1.165) is 50.3 Å². The smallest absolute Gasteiger partial charge is 0.388 e. The van der Waals surface area contributed by atoms with Gasteiger partial charge in [0.25, 0.3) is 11.8 Å². The van der Waals surface area contributed by atoms with Crippen molar-refractivity contribution in [2.75, 3.05) is 6.54 Å². The first-order chi connectivity index (χ1) is 23.4. The lowest BCUT2D eigenvalue weighted by Gasteiger charge is -2.16. The topological polar surface area (TPSA) is 110 Å². The predicted octanol–water partition coefficient (Wildman–Crippen LogP) is 7.00. The zero-order valence-corrected chi connectivity index (χ0v) is 26.8. The normalized spacial score (nSPS) is 15.6. The van der Waals surface area contributed by atoms with Crippen molar-refractivity contribution in [3.63, 3.8) is 0 Å². The number of aryl methyl sites for hydroxylation is 3. The Morgan fingerprint density at radius 1 is 1.02 bits per heavy atom. The van der Waals surface area contributed by atoms with Crippen LogP contribution in [-0.2, 0) is 26.3 Å². The van der Waals surface area contributed by atoms with E-state index in [-0.39, 0.29) is 23.7 Å². The molecule has 0 spiro atoms. The van der Waals surface area contributed by atoms with Gasteiger partial charge in [0.05, 0.1) is 39.0 Å². The highest BCUT2D eigenvalue weighted by Crippen LogP contribution is 2.50. The Kier molecular flexibility index (Phi) is 6.65. The van der Waals surface area contributed by atoms with E-state index < -0.39 is 5.76 Å². The molecule has 0 saturated carbocycles. The van der Waals surface area contributed by atoms with Crippen molar-refractivity contribution in [2.45, 2.75) is 38.1 Å².